The third-order valence-corrected chi connectivity index (χ3v) is 5.69. The van der Waals surface area contributed by atoms with Crippen LogP contribution >= 0.6 is 0 Å². The molecule has 22 heavy (non-hydrogen) atoms. The van der Waals surface area contributed by atoms with Crippen LogP contribution in [0.4, 0.5) is 4.79 Å². The van der Waals surface area contributed by atoms with Gasteiger partial charge in [0.2, 0.25) is 0 Å². The van der Waals surface area contributed by atoms with E-state index in [0.717, 1.165) is 6.04 Å². The van der Waals surface area contributed by atoms with Crippen LogP contribution in [-0.4, -0.2) is 47.1 Å². The zero-order valence-corrected chi connectivity index (χ0v) is 17.4. The lowest BCUT2D eigenvalue weighted by Gasteiger charge is -2.38. The molecule has 2 amide bonds. The smallest absolute Gasteiger partial charge is 0.315 e. The maximum atomic E-state index is 13.1. The Labute approximate surface area is 138 Å². The second-order valence-electron chi connectivity index (χ2n) is 9.95. The van der Waals surface area contributed by atoms with Gasteiger partial charge in [-0.05, 0) is 54.5 Å². The van der Waals surface area contributed by atoms with Gasteiger partial charge in [0.25, 0.3) is 0 Å². The number of carbonyl (C=O) groups excluding carboxylic acids is 1. The van der Waals surface area contributed by atoms with Crippen molar-refractivity contribution in [2.24, 2.45) is 0 Å². The van der Waals surface area contributed by atoms with Crippen LogP contribution < -0.4 is 0 Å². The van der Waals surface area contributed by atoms with Crippen molar-refractivity contribution in [3.8, 4) is 0 Å². The number of urea groups is 1. The average Bonchev–Trinajstić information content (AvgIpc) is 2.45. The molecule has 128 valence electrons. The summed E-state index contributed by atoms with van der Waals surface area (Å²) in [6.07, 6.45) is 0. The highest BCUT2D eigenvalue weighted by molar-refractivity contribution is 6.76. The molecule has 0 saturated carbocycles. The fourth-order valence-electron chi connectivity index (χ4n) is 3.68. The van der Waals surface area contributed by atoms with Crippen molar-refractivity contribution in [2.45, 2.75) is 97.3 Å². The van der Waals surface area contributed by atoms with E-state index in [1.165, 1.54) is 5.57 Å². The van der Waals surface area contributed by atoms with Gasteiger partial charge in [0.05, 0.1) is 12.1 Å². The molecule has 1 saturated heterocycles. The van der Waals surface area contributed by atoms with E-state index in [4.69, 9.17) is 0 Å². The fourth-order valence-corrected chi connectivity index (χ4v) is 5.25. The Hall–Kier alpha value is -0.773. The number of rotatable bonds is 3. The third kappa shape index (κ3) is 3.95. The Bertz CT molecular complexity index is 451. The molecule has 1 rings (SSSR count). The number of carbonyl (C=O) groups is 1. The molecule has 0 spiro atoms. The summed E-state index contributed by atoms with van der Waals surface area (Å²) in [5, 5.41) is 0. The first-order valence-corrected chi connectivity index (χ1v) is 12.1. The molecule has 0 bridgehead atoms. The molecule has 0 unspecified atom stereocenters. The molecule has 4 heteroatoms. The van der Waals surface area contributed by atoms with Gasteiger partial charge in [-0.2, -0.15) is 0 Å². The largest absolute Gasteiger partial charge is 0.321 e. The predicted molar refractivity (Wildman–Crippen MR) is 99.1 cm³/mol. The Morgan fingerprint density at radius 1 is 1.05 bits per heavy atom. The molecule has 0 N–H and O–H groups in total. The Morgan fingerprint density at radius 3 is 1.77 bits per heavy atom. The van der Waals surface area contributed by atoms with Crippen LogP contribution in [0.2, 0.25) is 25.7 Å². The summed E-state index contributed by atoms with van der Waals surface area (Å²) >= 11 is 0. The van der Waals surface area contributed by atoms with Crippen LogP contribution in [0.25, 0.3) is 0 Å². The summed E-state index contributed by atoms with van der Waals surface area (Å²) < 4.78 is 0. The summed E-state index contributed by atoms with van der Waals surface area (Å²) in [4.78, 5) is 17.2. The summed E-state index contributed by atoms with van der Waals surface area (Å²) in [5.74, 6) is 0. The first-order valence-electron chi connectivity index (χ1n) is 8.37. The SMILES string of the molecule is C=C(C[Si](C)(C)C)[C@H]1[C@H](C)N(C(C)(C)C)C(=O)N1C(C)(C)C. The minimum absolute atomic E-state index is 0.110. The van der Waals surface area contributed by atoms with Crippen molar-refractivity contribution in [2.75, 3.05) is 0 Å². The van der Waals surface area contributed by atoms with Gasteiger partial charge in [-0.15, -0.1) is 0 Å². The molecule has 1 heterocycles. The van der Waals surface area contributed by atoms with Crippen LogP contribution in [0, 0.1) is 0 Å². The van der Waals surface area contributed by atoms with Crippen molar-refractivity contribution in [1.82, 2.24) is 9.80 Å². The first-order chi connectivity index (χ1) is 9.57. The van der Waals surface area contributed by atoms with Crippen molar-refractivity contribution in [3.05, 3.63) is 12.2 Å². The molecule has 0 aliphatic carbocycles. The highest BCUT2D eigenvalue weighted by Gasteiger charge is 2.52. The fraction of sp³-hybridized carbons (Fsp3) is 0.833. The maximum absolute atomic E-state index is 13.1. The lowest BCUT2D eigenvalue weighted by atomic mass is 9.96. The van der Waals surface area contributed by atoms with Crippen LogP contribution in [0.3, 0.4) is 0 Å². The Morgan fingerprint density at radius 2 is 1.45 bits per heavy atom. The minimum atomic E-state index is -1.25. The van der Waals surface area contributed by atoms with Gasteiger partial charge in [-0.3, -0.25) is 0 Å². The van der Waals surface area contributed by atoms with Gasteiger partial charge >= 0.3 is 6.03 Å². The number of nitrogens with zero attached hydrogens (tertiary/aromatic N) is 2. The van der Waals surface area contributed by atoms with Crippen molar-refractivity contribution < 1.29 is 4.79 Å². The molecule has 1 aliphatic rings. The Balaban J connectivity index is 3.27. The highest BCUT2D eigenvalue weighted by atomic mass is 28.3. The monoisotopic (exact) mass is 324 g/mol. The Kier molecular flexibility index (Phi) is 4.99. The standard InChI is InChI=1S/C18H36N2OSi/c1-13(12-22(9,10)11)15-14(2)19(17(3,4)5)16(21)20(15)18(6,7)8/h14-15H,1,12H2,2-11H3/t14-,15-/m0/s1. The normalized spacial score (nSPS) is 24.2. The topological polar surface area (TPSA) is 23.6 Å². The summed E-state index contributed by atoms with van der Waals surface area (Å²) in [6, 6.07) is 1.49. The molecular formula is C18H36N2OSi. The third-order valence-electron chi connectivity index (χ3n) is 4.18. The van der Waals surface area contributed by atoms with Crippen molar-refractivity contribution in [3.63, 3.8) is 0 Å². The molecule has 1 fully saturated rings. The first kappa shape index (κ1) is 19.3. The van der Waals surface area contributed by atoms with Gasteiger partial charge in [0.15, 0.2) is 0 Å². The summed E-state index contributed by atoms with van der Waals surface area (Å²) in [7, 11) is -1.25. The molecule has 0 aromatic rings. The molecule has 0 radical (unpaired) electrons. The van der Waals surface area contributed by atoms with Crippen LogP contribution in [0.15, 0.2) is 12.2 Å². The second-order valence-corrected chi connectivity index (χ2v) is 15.4. The van der Waals surface area contributed by atoms with E-state index in [2.05, 4.69) is 79.6 Å². The van der Waals surface area contributed by atoms with E-state index < -0.39 is 8.07 Å². The maximum Gasteiger partial charge on any atom is 0.321 e. The molecular weight excluding hydrogens is 288 g/mol. The van der Waals surface area contributed by atoms with Crippen molar-refractivity contribution in [1.29, 1.82) is 0 Å². The molecule has 2 atom stereocenters. The lowest BCUT2D eigenvalue weighted by molar-refractivity contribution is 0.124. The van der Waals surface area contributed by atoms with Crippen LogP contribution in [-0.2, 0) is 0 Å². The average molecular weight is 325 g/mol. The van der Waals surface area contributed by atoms with E-state index in [-0.39, 0.29) is 29.2 Å². The highest BCUT2D eigenvalue weighted by Crippen LogP contribution is 2.39. The summed E-state index contributed by atoms with van der Waals surface area (Å²) in [6.45, 7) is 26.4. The summed E-state index contributed by atoms with van der Waals surface area (Å²) in [5.41, 5.74) is 0.855. The van der Waals surface area contributed by atoms with Crippen molar-refractivity contribution >= 4 is 14.1 Å². The van der Waals surface area contributed by atoms with Gasteiger partial charge in [-0.25, -0.2) is 4.79 Å². The zero-order chi connectivity index (χ0) is 17.7. The lowest BCUT2D eigenvalue weighted by Crippen LogP contribution is -2.50. The van der Waals surface area contributed by atoms with Gasteiger partial charge < -0.3 is 9.80 Å². The number of hydrogen-bond donors (Lipinski definition) is 0. The quantitative estimate of drug-likeness (QED) is 0.531. The van der Waals surface area contributed by atoms with E-state index in [9.17, 15) is 4.79 Å². The van der Waals surface area contributed by atoms with Gasteiger partial charge in [-0.1, -0.05) is 31.8 Å². The molecule has 0 aromatic carbocycles. The zero-order valence-electron chi connectivity index (χ0n) is 16.4. The van der Waals surface area contributed by atoms with E-state index in [0.29, 0.717) is 0 Å². The van der Waals surface area contributed by atoms with Crippen LogP contribution in [0.1, 0.15) is 48.5 Å². The van der Waals surface area contributed by atoms with E-state index in [1.54, 1.807) is 0 Å². The van der Waals surface area contributed by atoms with Gasteiger partial charge in [0, 0.05) is 19.2 Å². The molecule has 1 aliphatic heterocycles. The van der Waals surface area contributed by atoms with E-state index in [1.807, 2.05) is 4.90 Å². The molecule has 0 aromatic heterocycles. The molecule has 3 nitrogen and oxygen atoms in total. The number of hydrogen-bond acceptors (Lipinski definition) is 1. The minimum Gasteiger partial charge on any atom is -0.315 e. The predicted octanol–water partition coefficient (Wildman–Crippen LogP) is 4.97. The number of amides is 2. The van der Waals surface area contributed by atoms with E-state index >= 15 is 0 Å². The van der Waals surface area contributed by atoms with Crippen LogP contribution in [0.5, 0.6) is 0 Å². The second kappa shape index (κ2) is 5.70. The van der Waals surface area contributed by atoms with Gasteiger partial charge in [0.1, 0.15) is 0 Å².